The van der Waals surface area contributed by atoms with Gasteiger partial charge in [0.25, 0.3) is 0 Å². The fourth-order valence-corrected chi connectivity index (χ4v) is 6.56. The molecule has 0 aliphatic heterocycles. The molecule has 0 heterocycles. The Morgan fingerprint density at radius 3 is 1.31 bits per heavy atom. The van der Waals surface area contributed by atoms with E-state index >= 15 is 0 Å². The minimum Gasteiger partial charge on any atom is -0.0678 e. The second-order valence-electron chi connectivity index (χ2n) is 4.41. The van der Waals surface area contributed by atoms with Gasteiger partial charge < -0.3 is 0 Å². The van der Waals surface area contributed by atoms with E-state index in [0.717, 1.165) is 0 Å². The molecule has 0 aliphatic carbocycles. The molecule has 0 fully saturated rings. The van der Waals surface area contributed by atoms with Crippen molar-refractivity contribution in [3.63, 3.8) is 0 Å². The smallest absolute Gasteiger partial charge is 0.0530 e. The zero-order valence-corrected chi connectivity index (χ0v) is 11.2. The molecule has 0 spiro atoms. The first kappa shape index (κ1) is 13.2. The van der Waals surface area contributed by atoms with Crippen LogP contribution in [0.5, 0.6) is 0 Å². The molecule has 0 nitrogen and oxygen atoms in total. The molecule has 0 rings (SSSR count). The molecule has 0 saturated heterocycles. The Morgan fingerprint density at radius 2 is 1.08 bits per heavy atom. The largest absolute Gasteiger partial charge is 0.0678 e. The Kier molecular flexibility index (Phi) is 7.73. The van der Waals surface area contributed by atoms with Crippen LogP contribution < -0.4 is 0 Å². The van der Waals surface area contributed by atoms with E-state index in [9.17, 15) is 0 Å². The van der Waals surface area contributed by atoms with E-state index in [4.69, 9.17) is 0 Å². The molecule has 80 valence electrons. The minimum atomic E-state index is -0.785. The Balaban J connectivity index is 3.97. The lowest BCUT2D eigenvalue weighted by Gasteiger charge is -2.29. The van der Waals surface area contributed by atoms with Crippen LogP contribution in [0.15, 0.2) is 0 Å². The molecule has 0 aromatic rings. The molecule has 0 amide bonds. The molecule has 0 N–H and O–H groups in total. The number of rotatable bonds is 8. The Morgan fingerprint density at radius 1 is 0.692 bits per heavy atom. The molecule has 0 aromatic heterocycles. The zero-order chi connectivity index (χ0) is 10.2. The van der Waals surface area contributed by atoms with Crippen molar-refractivity contribution in [1.82, 2.24) is 0 Å². The van der Waals surface area contributed by atoms with Crippen molar-refractivity contribution in [2.24, 2.45) is 0 Å². The average molecular weight is 200 g/mol. The summed E-state index contributed by atoms with van der Waals surface area (Å²) in [4.78, 5) is 0. The van der Waals surface area contributed by atoms with Crippen LogP contribution in [-0.4, -0.2) is 8.07 Å². The van der Waals surface area contributed by atoms with Crippen molar-refractivity contribution in [2.75, 3.05) is 0 Å². The summed E-state index contributed by atoms with van der Waals surface area (Å²) in [5, 5.41) is 0. The van der Waals surface area contributed by atoms with Crippen LogP contribution in [0.25, 0.3) is 0 Å². The molecule has 0 aromatic carbocycles. The van der Waals surface area contributed by atoms with Crippen molar-refractivity contribution < 1.29 is 0 Å². The van der Waals surface area contributed by atoms with E-state index in [-0.39, 0.29) is 0 Å². The van der Waals surface area contributed by atoms with Gasteiger partial charge in [-0.25, -0.2) is 0 Å². The number of unbranched alkanes of at least 4 members (excludes halogenated alkanes) is 2. The van der Waals surface area contributed by atoms with Gasteiger partial charge in [-0.1, -0.05) is 77.6 Å². The summed E-state index contributed by atoms with van der Waals surface area (Å²) in [6, 6.07) is 6.22. The molecular formula is C12H28Si. The summed E-state index contributed by atoms with van der Waals surface area (Å²) in [7, 11) is -0.785. The van der Waals surface area contributed by atoms with E-state index in [1.807, 2.05) is 0 Å². The van der Waals surface area contributed by atoms with Gasteiger partial charge in [-0.3, -0.25) is 0 Å². The maximum absolute atomic E-state index is 2.43. The lowest BCUT2D eigenvalue weighted by atomic mass is 10.4. The van der Waals surface area contributed by atoms with Gasteiger partial charge >= 0.3 is 0 Å². The molecular weight excluding hydrogens is 172 g/mol. The Bertz CT molecular complexity index is 95.7. The van der Waals surface area contributed by atoms with Gasteiger partial charge in [0, 0.05) is 0 Å². The summed E-state index contributed by atoms with van der Waals surface area (Å²) in [5.41, 5.74) is 0. The SMILES string of the molecule is CCCC[Si](CC)(CC)CCCC. The average Bonchev–Trinajstić information content (AvgIpc) is 2.20. The lowest BCUT2D eigenvalue weighted by molar-refractivity contribution is 0.815. The third-order valence-electron chi connectivity index (χ3n) is 3.62. The van der Waals surface area contributed by atoms with Crippen molar-refractivity contribution in [1.29, 1.82) is 0 Å². The third-order valence-corrected chi connectivity index (χ3v) is 9.45. The first-order chi connectivity index (χ1) is 6.24. The highest BCUT2D eigenvalue weighted by Crippen LogP contribution is 2.29. The first-order valence-corrected chi connectivity index (χ1v) is 9.07. The Hall–Kier alpha value is 0.217. The van der Waals surface area contributed by atoms with Crippen molar-refractivity contribution in [3.05, 3.63) is 0 Å². The summed E-state index contributed by atoms with van der Waals surface area (Å²) in [5.74, 6) is 0. The molecule has 0 radical (unpaired) electrons. The molecule has 0 saturated carbocycles. The van der Waals surface area contributed by atoms with Crippen molar-refractivity contribution in [3.8, 4) is 0 Å². The summed E-state index contributed by atoms with van der Waals surface area (Å²) in [6.07, 6.45) is 5.75. The van der Waals surface area contributed by atoms with Gasteiger partial charge in [-0.2, -0.15) is 0 Å². The second kappa shape index (κ2) is 7.60. The van der Waals surface area contributed by atoms with Crippen molar-refractivity contribution in [2.45, 2.75) is 77.6 Å². The van der Waals surface area contributed by atoms with Gasteiger partial charge in [0.05, 0.1) is 8.07 Å². The predicted molar refractivity (Wildman–Crippen MR) is 66.1 cm³/mol. The normalized spacial score (nSPS) is 12.0. The number of hydrogen-bond donors (Lipinski definition) is 0. The van der Waals surface area contributed by atoms with Gasteiger partial charge in [0.2, 0.25) is 0 Å². The standard InChI is InChI=1S/C12H28Si/c1-5-9-11-13(7-3,8-4)12-10-6-2/h5-12H2,1-4H3. The van der Waals surface area contributed by atoms with Gasteiger partial charge in [-0.05, 0) is 0 Å². The van der Waals surface area contributed by atoms with E-state index in [0.29, 0.717) is 0 Å². The molecule has 0 atom stereocenters. The van der Waals surface area contributed by atoms with E-state index in [1.54, 1.807) is 12.1 Å². The van der Waals surface area contributed by atoms with Crippen LogP contribution in [0.3, 0.4) is 0 Å². The molecule has 0 aliphatic rings. The quantitative estimate of drug-likeness (QED) is 0.480. The van der Waals surface area contributed by atoms with E-state index in [2.05, 4.69) is 27.7 Å². The topological polar surface area (TPSA) is 0 Å². The van der Waals surface area contributed by atoms with Gasteiger partial charge in [0.15, 0.2) is 0 Å². The second-order valence-corrected chi connectivity index (χ2v) is 9.83. The maximum Gasteiger partial charge on any atom is 0.0530 e. The summed E-state index contributed by atoms with van der Waals surface area (Å²) in [6.45, 7) is 9.51. The summed E-state index contributed by atoms with van der Waals surface area (Å²) >= 11 is 0. The molecule has 0 bridgehead atoms. The third kappa shape index (κ3) is 4.85. The van der Waals surface area contributed by atoms with Crippen LogP contribution in [0.1, 0.15) is 53.4 Å². The van der Waals surface area contributed by atoms with Crippen LogP contribution in [0, 0.1) is 0 Å². The number of hydrogen-bond acceptors (Lipinski definition) is 0. The minimum absolute atomic E-state index is 0.785. The Labute approximate surface area is 86.1 Å². The first-order valence-electron chi connectivity index (χ1n) is 6.24. The monoisotopic (exact) mass is 200 g/mol. The molecule has 13 heavy (non-hydrogen) atoms. The highest BCUT2D eigenvalue weighted by atomic mass is 28.3. The molecule has 0 unspecified atom stereocenters. The van der Waals surface area contributed by atoms with E-state index < -0.39 is 8.07 Å². The van der Waals surface area contributed by atoms with Crippen LogP contribution >= 0.6 is 0 Å². The predicted octanol–water partition coefficient (Wildman–Crippen LogP) is 5.08. The van der Waals surface area contributed by atoms with Crippen LogP contribution in [0.2, 0.25) is 24.2 Å². The summed E-state index contributed by atoms with van der Waals surface area (Å²) < 4.78 is 0. The van der Waals surface area contributed by atoms with Gasteiger partial charge in [-0.15, -0.1) is 0 Å². The fraction of sp³-hybridized carbons (Fsp3) is 1.00. The highest BCUT2D eigenvalue weighted by Gasteiger charge is 2.26. The molecule has 1 heteroatoms. The highest BCUT2D eigenvalue weighted by molar-refractivity contribution is 6.79. The van der Waals surface area contributed by atoms with Crippen LogP contribution in [-0.2, 0) is 0 Å². The van der Waals surface area contributed by atoms with Crippen LogP contribution in [0.4, 0.5) is 0 Å². The van der Waals surface area contributed by atoms with Gasteiger partial charge in [0.1, 0.15) is 0 Å². The fourth-order valence-electron chi connectivity index (χ4n) is 2.19. The maximum atomic E-state index is 2.43. The zero-order valence-electron chi connectivity index (χ0n) is 10.2. The van der Waals surface area contributed by atoms with E-state index in [1.165, 1.54) is 37.8 Å². The van der Waals surface area contributed by atoms with Crippen molar-refractivity contribution >= 4 is 8.07 Å². The lowest BCUT2D eigenvalue weighted by Crippen LogP contribution is -2.31.